The Hall–Kier alpha value is -3.22. The number of rotatable bonds is 8. The fourth-order valence-corrected chi connectivity index (χ4v) is 2.51. The van der Waals surface area contributed by atoms with E-state index in [2.05, 4.69) is 15.5 Å². The standard InChI is InChI=1S/C20H20FN3O3/c1-26-17-11-5-14(6-12-17)13-22-18(25)3-2-4-19-23-20(24-27-19)15-7-9-16(21)10-8-15/h5-12H,2-4,13H2,1H3,(H,22,25). The molecule has 0 fully saturated rings. The molecule has 0 aliphatic rings. The van der Waals surface area contributed by atoms with Crippen LogP contribution in [-0.2, 0) is 17.8 Å². The molecule has 1 heterocycles. The zero-order valence-corrected chi connectivity index (χ0v) is 14.9. The third kappa shape index (κ3) is 5.37. The lowest BCUT2D eigenvalue weighted by atomic mass is 10.2. The third-order valence-corrected chi connectivity index (χ3v) is 4.01. The summed E-state index contributed by atoms with van der Waals surface area (Å²) < 4.78 is 23.2. The number of nitrogens with one attached hydrogen (secondary N) is 1. The van der Waals surface area contributed by atoms with Crippen molar-refractivity contribution in [3.63, 3.8) is 0 Å². The number of hydrogen-bond acceptors (Lipinski definition) is 5. The molecule has 0 aliphatic carbocycles. The van der Waals surface area contributed by atoms with Gasteiger partial charge in [0, 0.05) is 24.9 Å². The van der Waals surface area contributed by atoms with Crippen LogP contribution in [0.1, 0.15) is 24.3 Å². The molecule has 0 unspecified atom stereocenters. The maximum absolute atomic E-state index is 12.9. The van der Waals surface area contributed by atoms with Crippen molar-refractivity contribution in [2.24, 2.45) is 0 Å². The van der Waals surface area contributed by atoms with Gasteiger partial charge in [-0.2, -0.15) is 4.98 Å². The lowest BCUT2D eigenvalue weighted by molar-refractivity contribution is -0.121. The van der Waals surface area contributed by atoms with Crippen molar-refractivity contribution in [3.8, 4) is 17.1 Å². The van der Waals surface area contributed by atoms with Crippen LogP contribution in [0.4, 0.5) is 4.39 Å². The van der Waals surface area contributed by atoms with Crippen molar-refractivity contribution in [1.29, 1.82) is 0 Å². The van der Waals surface area contributed by atoms with E-state index in [1.165, 1.54) is 12.1 Å². The number of hydrogen-bond donors (Lipinski definition) is 1. The van der Waals surface area contributed by atoms with Gasteiger partial charge in [-0.05, 0) is 48.4 Å². The molecule has 27 heavy (non-hydrogen) atoms. The molecule has 2 aromatic carbocycles. The molecule has 3 aromatic rings. The molecule has 0 radical (unpaired) electrons. The molecule has 0 saturated heterocycles. The van der Waals surface area contributed by atoms with Crippen LogP contribution < -0.4 is 10.1 Å². The Morgan fingerprint density at radius 2 is 1.89 bits per heavy atom. The topological polar surface area (TPSA) is 77.2 Å². The van der Waals surface area contributed by atoms with Gasteiger partial charge in [0.1, 0.15) is 11.6 Å². The van der Waals surface area contributed by atoms with Crippen LogP contribution in [0.5, 0.6) is 5.75 Å². The number of amides is 1. The number of benzene rings is 2. The van der Waals surface area contributed by atoms with Gasteiger partial charge >= 0.3 is 0 Å². The quantitative estimate of drug-likeness (QED) is 0.657. The van der Waals surface area contributed by atoms with E-state index in [0.717, 1.165) is 11.3 Å². The molecule has 1 aromatic heterocycles. The van der Waals surface area contributed by atoms with E-state index in [9.17, 15) is 9.18 Å². The first-order chi connectivity index (χ1) is 13.1. The zero-order chi connectivity index (χ0) is 19.1. The lowest BCUT2D eigenvalue weighted by Gasteiger charge is -2.06. The molecule has 6 nitrogen and oxygen atoms in total. The molecule has 7 heteroatoms. The average Bonchev–Trinajstić information content (AvgIpc) is 3.16. The first kappa shape index (κ1) is 18.6. The minimum absolute atomic E-state index is 0.0379. The van der Waals surface area contributed by atoms with Crippen LogP contribution >= 0.6 is 0 Å². The molecule has 0 atom stereocenters. The van der Waals surface area contributed by atoms with E-state index in [0.29, 0.717) is 43.1 Å². The molecule has 3 rings (SSSR count). The maximum Gasteiger partial charge on any atom is 0.226 e. The largest absolute Gasteiger partial charge is 0.497 e. The van der Waals surface area contributed by atoms with Gasteiger partial charge in [0.15, 0.2) is 0 Å². The van der Waals surface area contributed by atoms with E-state index in [1.807, 2.05) is 24.3 Å². The van der Waals surface area contributed by atoms with Gasteiger partial charge in [-0.1, -0.05) is 17.3 Å². The number of aryl methyl sites for hydroxylation is 1. The Labute approximate surface area is 156 Å². The first-order valence-electron chi connectivity index (χ1n) is 8.62. The highest BCUT2D eigenvalue weighted by Gasteiger charge is 2.10. The molecule has 1 N–H and O–H groups in total. The summed E-state index contributed by atoms with van der Waals surface area (Å²) in [6.45, 7) is 0.470. The van der Waals surface area contributed by atoms with Crippen LogP contribution in [-0.4, -0.2) is 23.2 Å². The molecule has 1 amide bonds. The summed E-state index contributed by atoms with van der Waals surface area (Å²) >= 11 is 0. The Morgan fingerprint density at radius 3 is 2.59 bits per heavy atom. The van der Waals surface area contributed by atoms with E-state index >= 15 is 0 Å². The number of carbonyl (C=O) groups excluding carboxylic acids is 1. The minimum atomic E-state index is -0.317. The first-order valence-corrected chi connectivity index (χ1v) is 8.62. The van der Waals surface area contributed by atoms with Gasteiger partial charge in [-0.15, -0.1) is 0 Å². The van der Waals surface area contributed by atoms with E-state index in [1.54, 1.807) is 19.2 Å². The van der Waals surface area contributed by atoms with E-state index in [-0.39, 0.29) is 11.7 Å². The van der Waals surface area contributed by atoms with Crippen LogP contribution in [0.15, 0.2) is 53.1 Å². The van der Waals surface area contributed by atoms with E-state index in [4.69, 9.17) is 9.26 Å². The van der Waals surface area contributed by atoms with Gasteiger partial charge < -0.3 is 14.6 Å². The van der Waals surface area contributed by atoms with Crippen LogP contribution in [0.2, 0.25) is 0 Å². The highest BCUT2D eigenvalue weighted by Crippen LogP contribution is 2.17. The van der Waals surface area contributed by atoms with Crippen molar-refractivity contribution in [2.75, 3.05) is 7.11 Å². The third-order valence-electron chi connectivity index (χ3n) is 4.01. The monoisotopic (exact) mass is 369 g/mol. The SMILES string of the molecule is COc1ccc(CNC(=O)CCCc2nc(-c3ccc(F)cc3)no2)cc1. The second kappa shape index (κ2) is 8.93. The predicted molar refractivity (Wildman–Crippen MR) is 97.5 cm³/mol. The van der Waals surface area contributed by atoms with Gasteiger partial charge in [0.2, 0.25) is 17.6 Å². The Kier molecular flexibility index (Phi) is 6.14. The molecular weight excluding hydrogens is 349 g/mol. The number of halogens is 1. The van der Waals surface area contributed by atoms with Gasteiger partial charge in [-0.3, -0.25) is 4.79 Å². The summed E-state index contributed by atoms with van der Waals surface area (Å²) in [5.41, 5.74) is 1.69. The summed E-state index contributed by atoms with van der Waals surface area (Å²) in [6, 6.07) is 13.4. The Balaban J connectivity index is 1.41. The minimum Gasteiger partial charge on any atom is -0.497 e. The summed E-state index contributed by atoms with van der Waals surface area (Å²) in [5, 5.41) is 6.76. The fraction of sp³-hybridized carbons (Fsp3) is 0.250. The highest BCUT2D eigenvalue weighted by atomic mass is 19.1. The molecule has 0 bridgehead atoms. The number of ether oxygens (including phenoxy) is 1. The zero-order valence-electron chi connectivity index (χ0n) is 14.9. The molecule has 0 aliphatic heterocycles. The van der Waals surface area contributed by atoms with Gasteiger partial charge in [0.25, 0.3) is 0 Å². The second-order valence-electron chi connectivity index (χ2n) is 6.00. The highest BCUT2D eigenvalue weighted by molar-refractivity contribution is 5.75. The van der Waals surface area contributed by atoms with Crippen molar-refractivity contribution in [3.05, 3.63) is 65.8 Å². The summed E-state index contributed by atoms with van der Waals surface area (Å²) in [6.07, 6.45) is 1.47. The smallest absolute Gasteiger partial charge is 0.226 e. The average molecular weight is 369 g/mol. The molecule has 140 valence electrons. The van der Waals surface area contributed by atoms with Crippen LogP contribution in [0.3, 0.4) is 0 Å². The molecule has 0 saturated carbocycles. The van der Waals surface area contributed by atoms with Gasteiger partial charge in [-0.25, -0.2) is 4.39 Å². The Morgan fingerprint density at radius 1 is 1.15 bits per heavy atom. The Bertz CT molecular complexity index is 876. The van der Waals surface area contributed by atoms with Crippen LogP contribution in [0.25, 0.3) is 11.4 Å². The summed E-state index contributed by atoms with van der Waals surface area (Å²) in [4.78, 5) is 16.2. The number of carbonyl (C=O) groups is 1. The molecule has 0 spiro atoms. The van der Waals surface area contributed by atoms with Gasteiger partial charge in [0.05, 0.1) is 7.11 Å². The second-order valence-corrected chi connectivity index (χ2v) is 6.00. The van der Waals surface area contributed by atoms with E-state index < -0.39 is 0 Å². The fourth-order valence-electron chi connectivity index (χ4n) is 2.51. The predicted octanol–water partition coefficient (Wildman–Crippen LogP) is 3.52. The lowest BCUT2D eigenvalue weighted by Crippen LogP contribution is -2.22. The number of methoxy groups -OCH3 is 1. The van der Waals surface area contributed by atoms with Crippen molar-refractivity contribution in [2.45, 2.75) is 25.8 Å². The molecular formula is C20H20FN3O3. The number of nitrogens with zero attached hydrogens (tertiary/aromatic N) is 2. The summed E-state index contributed by atoms with van der Waals surface area (Å²) in [5.74, 6) is 1.29. The van der Waals surface area contributed by atoms with Crippen molar-refractivity contribution < 1.29 is 18.4 Å². The normalized spacial score (nSPS) is 10.6. The maximum atomic E-state index is 12.9. The van der Waals surface area contributed by atoms with Crippen LogP contribution in [0, 0.1) is 5.82 Å². The number of aromatic nitrogens is 2. The van der Waals surface area contributed by atoms with Crippen molar-refractivity contribution in [1.82, 2.24) is 15.5 Å². The summed E-state index contributed by atoms with van der Waals surface area (Å²) in [7, 11) is 1.61. The van der Waals surface area contributed by atoms with Crippen molar-refractivity contribution >= 4 is 5.91 Å².